The van der Waals surface area contributed by atoms with Crippen molar-refractivity contribution in [2.45, 2.75) is 26.3 Å². The van der Waals surface area contributed by atoms with Crippen LogP contribution in [-0.4, -0.2) is 46.0 Å². The first-order valence-corrected chi connectivity index (χ1v) is 11.6. The molecule has 2 amide bonds. The molecular weight excluding hydrogens is 452 g/mol. The number of aromatic nitrogens is 3. The van der Waals surface area contributed by atoms with Crippen LogP contribution >= 0.6 is 22.9 Å². The highest BCUT2D eigenvalue weighted by Gasteiger charge is 2.27. The number of anilines is 2. The number of carbonyl (C=O) groups is 2. The summed E-state index contributed by atoms with van der Waals surface area (Å²) >= 11 is 7.18. The average molecular weight is 475 g/mol. The van der Waals surface area contributed by atoms with Crippen molar-refractivity contribution in [2.75, 3.05) is 29.9 Å². The molecule has 1 saturated heterocycles. The van der Waals surface area contributed by atoms with E-state index in [1.807, 2.05) is 11.8 Å². The maximum atomic E-state index is 12.9. The summed E-state index contributed by atoms with van der Waals surface area (Å²) in [7, 11) is 0. The molecule has 3 aromatic rings. The molecule has 11 heteroatoms. The van der Waals surface area contributed by atoms with Gasteiger partial charge in [0.2, 0.25) is 11.8 Å². The third-order valence-corrected chi connectivity index (χ3v) is 6.54. The number of amides is 2. The predicted molar refractivity (Wildman–Crippen MR) is 125 cm³/mol. The zero-order chi connectivity index (χ0) is 22.7. The Morgan fingerprint density at radius 2 is 2.19 bits per heavy atom. The van der Waals surface area contributed by atoms with Gasteiger partial charge in [0.1, 0.15) is 17.6 Å². The van der Waals surface area contributed by atoms with Gasteiger partial charge in [-0.3, -0.25) is 19.0 Å². The van der Waals surface area contributed by atoms with Crippen molar-refractivity contribution in [3.05, 3.63) is 46.0 Å². The van der Waals surface area contributed by atoms with E-state index < -0.39 is 0 Å². The van der Waals surface area contributed by atoms with Gasteiger partial charge in [0.15, 0.2) is 10.8 Å². The summed E-state index contributed by atoms with van der Waals surface area (Å²) in [6.45, 7) is 3.65. The average Bonchev–Trinajstić information content (AvgIpc) is 3.21. The number of benzene rings is 1. The number of fused-ring (bicyclic) bond motifs is 1. The van der Waals surface area contributed by atoms with Crippen LogP contribution in [0.25, 0.3) is 10.3 Å². The molecule has 0 unspecified atom stereocenters. The molecule has 168 valence electrons. The molecule has 1 aliphatic heterocycles. The van der Waals surface area contributed by atoms with Crippen LogP contribution < -0.4 is 21.1 Å². The Morgan fingerprint density at radius 3 is 2.97 bits per heavy atom. The summed E-state index contributed by atoms with van der Waals surface area (Å²) in [6, 6.07) is 6.79. The monoisotopic (exact) mass is 474 g/mol. The fourth-order valence-corrected chi connectivity index (χ4v) is 4.88. The van der Waals surface area contributed by atoms with Crippen LogP contribution in [0, 0.1) is 5.92 Å². The molecule has 0 aliphatic carbocycles. The molecule has 1 atom stereocenters. The first-order valence-electron chi connectivity index (χ1n) is 10.4. The summed E-state index contributed by atoms with van der Waals surface area (Å²) in [4.78, 5) is 48.4. The molecule has 0 spiro atoms. The first kappa shape index (κ1) is 22.2. The molecular formula is C21H23ClN6O3S. The lowest BCUT2D eigenvalue weighted by molar-refractivity contribution is -0.125. The minimum absolute atomic E-state index is 0.0458. The zero-order valence-electron chi connectivity index (χ0n) is 17.5. The van der Waals surface area contributed by atoms with Gasteiger partial charge in [0.05, 0.1) is 5.92 Å². The van der Waals surface area contributed by atoms with Crippen LogP contribution in [0.15, 0.2) is 35.4 Å². The minimum Gasteiger partial charge on any atom is -0.356 e. The largest absolute Gasteiger partial charge is 0.356 e. The number of halogens is 1. The van der Waals surface area contributed by atoms with Gasteiger partial charge in [0.25, 0.3) is 5.56 Å². The van der Waals surface area contributed by atoms with Gasteiger partial charge >= 0.3 is 0 Å². The van der Waals surface area contributed by atoms with Gasteiger partial charge in [-0.25, -0.2) is 4.98 Å². The van der Waals surface area contributed by atoms with Gasteiger partial charge in [-0.15, -0.1) is 0 Å². The Balaban J connectivity index is 1.50. The summed E-state index contributed by atoms with van der Waals surface area (Å²) in [5, 5.41) is 6.77. The topological polar surface area (TPSA) is 109 Å². The van der Waals surface area contributed by atoms with E-state index >= 15 is 0 Å². The normalized spacial score (nSPS) is 16.2. The summed E-state index contributed by atoms with van der Waals surface area (Å²) < 4.78 is 1.65. The van der Waals surface area contributed by atoms with E-state index in [2.05, 4.69) is 20.6 Å². The van der Waals surface area contributed by atoms with Crippen LogP contribution in [0.4, 0.5) is 10.8 Å². The molecule has 1 aliphatic rings. The highest BCUT2D eigenvalue weighted by atomic mass is 35.5. The number of hydrogen-bond donors (Lipinski definition) is 2. The highest BCUT2D eigenvalue weighted by molar-refractivity contribution is 7.22. The second-order valence-electron chi connectivity index (χ2n) is 7.57. The van der Waals surface area contributed by atoms with Crippen LogP contribution in [-0.2, 0) is 16.1 Å². The smallest absolute Gasteiger partial charge is 0.273 e. The zero-order valence-corrected chi connectivity index (χ0v) is 19.1. The van der Waals surface area contributed by atoms with Crippen molar-refractivity contribution >= 4 is 55.9 Å². The van der Waals surface area contributed by atoms with Gasteiger partial charge < -0.3 is 15.5 Å². The van der Waals surface area contributed by atoms with Gasteiger partial charge in [-0.05, 0) is 38.0 Å². The second kappa shape index (κ2) is 9.66. The molecule has 0 radical (unpaired) electrons. The fourth-order valence-electron chi connectivity index (χ4n) is 3.69. The highest BCUT2D eigenvalue weighted by Crippen LogP contribution is 2.29. The Kier molecular flexibility index (Phi) is 6.71. The maximum Gasteiger partial charge on any atom is 0.273 e. The van der Waals surface area contributed by atoms with Crippen molar-refractivity contribution in [1.82, 2.24) is 19.9 Å². The molecule has 9 nitrogen and oxygen atoms in total. The SMILES string of the molecule is CCNC(=O)[C@H]1CCCN(c2nc3ncn(CC(=O)Nc4cccc(Cl)c4)c(=O)c3s2)C1. The molecule has 4 rings (SSSR count). The molecule has 2 aromatic heterocycles. The van der Waals surface area contributed by atoms with E-state index in [1.165, 1.54) is 22.2 Å². The molecule has 0 bridgehead atoms. The van der Waals surface area contributed by atoms with Gasteiger partial charge in [-0.1, -0.05) is 29.0 Å². The Hall–Kier alpha value is -2.98. The number of hydrogen-bond acceptors (Lipinski definition) is 7. The third-order valence-electron chi connectivity index (χ3n) is 5.21. The molecule has 1 fully saturated rings. The fraction of sp³-hybridized carbons (Fsp3) is 0.381. The number of thiazole rings is 1. The summed E-state index contributed by atoms with van der Waals surface area (Å²) in [6.07, 6.45) is 3.04. The Labute approximate surface area is 193 Å². The van der Waals surface area contributed by atoms with Crippen LogP contribution in [0.1, 0.15) is 19.8 Å². The van der Waals surface area contributed by atoms with Crippen LogP contribution in [0.5, 0.6) is 0 Å². The first-order chi connectivity index (χ1) is 15.4. The van der Waals surface area contributed by atoms with E-state index in [9.17, 15) is 14.4 Å². The van der Waals surface area contributed by atoms with E-state index in [4.69, 9.17) is 11.6 Å². The standard InChI is InChI=1S/C21H23ClN6O3S/c1-2-23-19(30)13-5-4-8-27(10-13)21-26-18-17(32-21)20(31)28(12-24-18)11-16(29)25-15-7-3-6-14(22)9-15/h3,6-7,9,12-13H,2,4-5,8,10-11H2,1H3,(H,23,30)(H,25,29)/t13-/m0/s1. The molecule has 1 aromatic carbocycles. The summed E-state index contributed by atoms with van der Waals surface area (Å²) in [5.41, 5.74) is 0.579. The summed E-state index contributed by atoms with van der Waals surface area (Å²) in [5.74, 6) is -0.416. The Bertz CT molecular complexity index is 1210. The van der Waals surface area contributed by atoms with Crippen LogP contribution in [0.3, 0.4) is 0 Å². The number of piperidine rings is 1. The number of carbonyl (C=O) groups excluding carboxylic acids is 2. The lowest BCUT2D eigenvalue weighted by Crippen LogP contribution is -2.43. The van der Waals surface area contributed by atoms with E-state index in [0.29, 0.717) is 39.3 Å². The van der Waals surface area contributed by atoms with Crippen molar-refractivity contribution in [3.63, 3.8) is 0 Å². The molecule has 32 heavy (non-hydrogen) atoms. The molecule has 2 N–H and O–H groups in total. The number of nitrogens with zero attached hydrogens (tertiary/aromatic N) is 4. The number of nitrogens with one attached hydrogen (secondary N) is 2. The Morgan fingerprint density at radius 1 is 1.34 bits per heavy atom. The third kappa shape index (κ3) is 4.91. The van der Waals surface area contributed by atoms with E-state index in [0.717, 1.165) is 19.4 Å². The minimum atomic E-state index is -0.360. The van der Waals surface area contributed by atoms with Crippen molar-refractivity contribution in [3.8, 4) is 0 Å². The van der Waals surface area contributed by atoms with Gasteiger partial charge in [0, 0.05) is 30.3 Å². The second-order valence-corrected chi connectivity index (χ2v) is 8.98. The van der Waals surface area contributed by atoms with Crippen LogP contribution in [0.2, 0.25) is 5.02 Å². The predicted octanol–water partition coefficient (Wildman–Crippen LogP) is 2.50. The van der Waals surface area contributed by atoms with Gasteiger partial charge in [-0.2, -0.15) is 4.98 Å². The lowest BCUT2D eigenvalue weighted by atomic mass is 9.97. The quantitative estimate of drug-likeness (QED) is 0.568. The lowest BCUT2D eigenvalue weighted by Gasteiger charge is -2.31. The van der Waals surface area contributed by atoms with E-state index in [1.54, 1.807) is 24.3 Å². The van der Waals surface area contributed by atoms with E-state index in [-0.39, 0.29) is 29.8 Å². The molecule has 3 heterocycles. The molecule has 0 saturated carbocycles. The van der Waals surface area contributed by atoms with Crippen molar-refractivity contribution in [2.24, 2.45) is 5.92 Å². The number of rotatable bonds is 6. The van der Waals surface area contributed by atoms with Crippen molar-refractivity contribution < 1.29 is 9.59 Å². The maximum absolute atomic E-state index is 12.9. The van der Waals surface area contributed by atoms with Crippen molar-refractivity contribution in [1.29, 1.82) is 0 Å².